The van der Waals surface area contributed by atoms with Gasteiger partial charge >= 0.3 is 5.69 Å². The van der Waals surface area contributed by atoms with E-state index in [0.717, 1.165) is 18.4 Å². The summed E-state index contributed by atoms with van der Waals surface area (Å²) < 4.78 is 11.5. The van der Waals surface area contributed by atoms with Crippen LogP contribution in [0.4, 0.5) is 5.69 Å². The lowest BCUT2D eigenvalue weighted by molar-refractivity contribution is -0.386. The zero-order chi connectivity index (χ0) is 15.5. The van der Waals surface area contributed by atoms with Gasteiger partial charge in [-0.15, -0.1) is 0 Å². The van der Waals surface area contributed by atoms with Gasteiger partial charge in [-0.1, -0.05) is 6.07 Å². The Morgan fingerprint density at radius 3 is 2.86 bits per heavy atom. The minimum atomic E-state index is -0.409. The number of nitro benzene ring substituents is 1. The summed E-state index contributed by atoms with van der Waals surface area (Å²) >= 11 is 0. The molecule has 1 saturated heterocycles. The van der Waals surface area contributed by atoms with Crippen LogP contribution >= 0.6 is 0 Å². The molecule has 0 spiro atoms. The predicted molar refractivity (Wildman–Crippen MR) is 79.5 cm³/mol. The lowest BCUT2D eigenvalue weighted by atomic mass is 10.1. The van der Waals surface area contributed by atoms with Crippen LogP contribution in [0.1, 0.15) is 32.3 Å². The highest BCUT2D eigenvalue weighted by Crippen LogP contribution is 2.32. The fraction of sp³-hybridized carbons (Fsp3) is 0.600. The first kappa shape index (κ1) is 15.7. The van der Waals surface area contributed by atoms with Crippen LogP contribution in [0.25, 0.3) is 0 Å². The molecule has 0 radical (unpaired) electrons. The predicted octanol–water partition coefficient (Wildman–Crippen LogP) is 2.65. The van der Waals surface area contributed by atoms with Crippen LogP contribution in [0.3, 0.4) is 0 Å². The molecule has 0 bridgehead atoms. The van der Waals surface area contributed by atoms with Crippen LogP contribution < -0.4 is 10.1 Å². The van der Waals surface area contributed by atoms with Crippen LogP contribution in [0.2, 0.25) is 0 Å². The average Bonchev–Trinajstić information content (AvgIpc) is 2.77. The molecule has 0 aromatic heterocycles. The van der Waals surface area contributed by atoms with Gasteiger partial charge in [-0.2, -0.15) is 0 Å². The van der Waals surface area contributed by atoms with E-state index in [1.165, 1.54) is 0 Å². The van der Waals surface area contributed by atoms with Crippen molar-refractivity contribution in [3.05, 3.63) is 33.9 Å². The van der Waals surface area contributed by atoms with Gasteiger partial charge in [-0.05, 0) is 45.4 Å². The molecule has 6 nitrogen and oxygen atoms in total. The van der Waals surface area contributed by atoms with E-state index in [0.29, 0.717) is 18.9 Å². The van der Waals surface area contributed by atoms with Crippen molar-refractivity contribution in [3.63, 3.8) is 0 Å². The molecule has 21 heavy (non-hydrogen) atoms. The molecule has 1 aliphatic rings. The Hall–Kier alpha value is -1.66. The van der Waals surface area contributed by atoms with Gasteiger partial charge in [0.1, 0.15) is 6.61 Å². The standard InChI is InChI=1S/C15H22N2O4/c1-15(2)7-6-12(21-15)10-20-14-5-4-11(9-16-3)8-13(14)17(18)19/h4-5,8,12,16H,6-7,9-10H2,1-3H3. The zero-order valence-corrected chi connectivity index (χ0v) is 12.7. The molecule has 1 fully saturated rings. The molecule has 1 aromatic rings. The number of nitro groups is 1. The first-order chi connectivity index (χ1) is 9.91. The van der Waals surface area contributed by atoms with E-state index in [4.69, 9.17) is 9.47 Å². The molecule has 1 unspecified atom stereocenters. The van der Waals surface area contributed by atoms with E-state index in [9.17, 15) is 10.1 Å². The van der Waals surface area contributed by atoms with Gasteiger partial charge in [-0.25, -0.2) is 0 Å². The third-order valence-electron chi connectivity index (χ3n) is 3.58. The first-order valence-electron chi connectivity index (χ1n) is 7.14. The van der Waals surface area contributed by atoms with E-state index >= 15 is 0 Å². The van der Waals surface area contributed by atoms with Crippen molar-refractivity contribution in [2.75, 3.05) is 13.7 Å². The largest absolute Gasteiger partial charge is 0.484 e. The molecule has 1 heterocycles. The van der Waals surface area contributed by atoms with Crippen LogP contribution in [0.15, 0.2) is 18.2 Å². The third kappa shape index (κ3) is 4.15. The van der Waals surface area contributed by atoms with Gasteiger partial charge in [0.2, 0.25) is 0 Å². The maximum atomic E-state index is 11.2. The SMILES string of the molecule is CNCc1ccc(OCC2CCC(C)(C)O2)c([N+](=O)[O-])c1. The van der Waals surface area contributed by atoms with Gasteiger partial charge < -0.3 is 14.8 Å². The normalized spacial score (nSPS) is 20.4. The van der Waals surface area contributed by atoms with E-state index in [-0.39, 0.29) is 17.4 Å². The van der Waals surface area contributed by atoms with Crippen molar-refractivity contribution in [3.8, 4) is 5.75 Å². The Morgan fingerprint density at radius 2 is 2.29 bits per heavy atom. The topological polar surface area (TPSA) is 73.6 Å². The van der Waals surface area contributed by atoms with Gasteiger partial charge in [0.05, 0.1) is 16.6 Å². The highest BCUT2D eigenvalue weighted by molar-refractivity contribution is 5.48. The molecule has 0 amide bonds. The van der Waals surface area contributed by atoms with E-state index in [2.05, 4.69) is 5.32 Å². The second-order valence-electron chi connectivity index (χ2n) is 5.94. The van der Waals surface area contributed by atoms with Crippen LogP contribution in [0.5, 0.6) is 5.75 Å². The summed E-state index contributed by atoms with van der Waals surface area (Å²) in [6.07, 6.45) is 1.89. The zero-order valence-electron chi connectivity index (χ0n) is 12.7. The second-order valence-corrected chi connectivity index (χ2v) is 5.94. The van der Waals surface area contributed by atoms with Crippen LogP contribution in [-0.2, 0) is 11.3 Å². The molecule has 0 aliphatic carbocycles. The summed E-state index contributed by atoms with van der Waals surface area (Å²) in [5.41, 5.74) is 0.728. The van der Waals surface area contributed by atoms with E-state index in [1.54, 1.807) is 19.2 Å². The Bertz CT molecular complexity index is 516. The van der Waals surface area contributed by atoms with E-state index < -0.39 is 4.92 Å². The summed E-state index contributed by atoms with van der Waals surface area (Å²) in [6, 6.07) is 5.04. The Balaban J connectivity index is 2.04. The van der Waals surface area contributed by atoms with Gasteiger partial charge in [0, 0.05) is 12.6 Å². The third-order valence-corrected chi connectivity index (χ3v) is 3.58. The number of benzene rings is 1. The van der Waals surface area contributed by atoms with Gasteiger partial charge in [-0.3, -0.25) is 10.1 Å². The lowest BCUT2D eigenvalue weighted by Crippen LogP contribution is -2.24. The summed E-state index contributed by atoms with van der Waals surface area (Å²) in [5.74, 6) is 0.299. The van der Waals surface area contributed by atoms with Crippen LogP contribution in [-0.4, -0.2) is 30.3 Å². The fourth-order valence-corrected chi connectivity index (χ4v) is 2.52. The summed E-state index contributed by atoms with van der Waals surface area (Å²) in [7, 11) is 1.80. The van der Waals surface area contributed by atoms with Gasteiger partial charge in [0.25, 0.3) is 0 Å². The van der Waals surface area contributed by atoms with Crippen molar-refractivity contribution < 1.29 is 14.4 Å². The Kier molecular flexibility index (Phi) is 4.80. The van der Waals surface area contributed by atoms with Gasteiger partial charge in [0.15, 0.2) is 5.75 Å². The molecule has 6 heteroatoms. The average molecular weight is 294 g/mol. The Labute approximate surface area is 124 Å². The maximum Gasteiger partial charge on any atom is 0.311 e. The number of ether oxygens (including phenoxy) is 2. The molecule has 0 saturated carbocycles. The highest BCUT2D eigenvalue weighted by Gasteiger charge is 2.32. The summed E-state index contributed by atoms with van der Waals surface area (Å²) in [4.78, 5) is 10.7. The molecule has 2 rings (SSSR count). The number of nitrogens with one attached hydrogen (secondary N) is 1. The minimum absolute atomic E-state index is 0.00000661. The van der Waals surface area contributed by atoms with Crippen molar-refractivity contribution in [1.29, 1.82) is 0 Å². The van der Waals surface area contributed by atoms with Crippen molar-refractivity contribution in [1.82, 2.24) is 5.32 Å². The molecule has 1 atom stereocenters. The molecule has 1 N–H and O–H groups in total. The monoisotopic (exact) mass is 294 g/mol. The highest BCUT2D eigenvalue weighted by atomic mass is 16.6. The number of hydrogen-bond acceptors (Lipinski definition) is 5. The quantitative estimate of drug-likeness (QED) is 0.645. The Morgan fingerprint density at radius 1 is 1.52 bits per heavy atom. The molecule has 1 aliphatic heterocycles. The fourth-order valence-electron chi connectivity index (χ4n) is 2.52. The first-order valence-corrected chi connectivity index (χ1v) is 7.14. The number of hydrogen-bond donors (Lipinski definition) is 1. The second kappa shape index (κ2) is 6.41. The molecule has 116 valence electrons. The van der Waals surface area contributed by atoms with Crippen molar-refractivity contribution in [2.45, 2.75) is 44.9 Å². The van der Waals surface area contributed by atoms with E-state index in [1.807, 2.05) is 19.9 Å². The van der Waals surface area contributed by atoms with Crippen molar-refractivity contribution in [2.24, 2.45) is 0 Å². The lowest BCUT2D eigenvalue weighted by Gasteiger charge is -2.19. The number of rotatable bonds is 6. The minimum Gasteiger partial charge on any atom is -0.484 e. The smallest absolute Gasteiger partial charge is 0.311 e. The number of nitrogens with zero attached hydrogens (tertiary/aromatic N) is 1. The summed E-state index contributed by atoms with van der Waals surface area (Å²) in [6.45, 7) is 5.01. The van der Waals surface area contributed by atoms with Crippen molar-refractivity contribution >= 4 is 5.69 Å². The molecule has 1 aromatic carbocycles. The summed E-state index contributed by atoms with van der Waals surface area (Å²) in [5, 5.41) is 14.1. The molecular weight excluding hydrogens is 272 g/mol. The van der Waals surface area contributed by atoms with Crippen LogP contribution in [0, 0.1) is 10.1 Å². The molecular formula is C15H22N2O4. The maximum absolute atomic E-state index is 11.2.